The molecule has 0 unspecified atom stereocenters. The average molecular weight is 1560 g/mol. The maximum atomic E-state index is 15.3. The van der Waals surface area contributed by atoms with Crippen LogP contribution in [-0.2, 0) is 78.1 Å². The molecule has 0 aromatic heterocycles. The van der Waals surface area contributed by atoms with Gasteiger partial charge in [0.25, 0.3) is 0 Å². The minimum absolute atomic E-state index is 0.0442. The second-order valence-electron chi connectivity index (χ2n) is 32.0. The molecule has 1 saturated heterocycles. The van der Waals surface area contributed by atoms with E-state index in [0.29, 0.717) is 5.56 Å². The van der Waals surface area contributed by atoms with Crippen LogP contribution in [-0.4, -0.2) is 235 Å². The minimum Gasteiger partial charge on any atom is -0.444 e. The quantitative estimate of drug-likeness (QED) is 0.0523. The van der Waals surface area contributed by atoms with Gasteiger partial charge in [-0.3, -0.25) is 47.9 Å². The highest BCUT2D eigenvalue weighted by molar-refractivity contribution is 5.99. The minimum atomic E-state index is -1.84. The lowest BCUT2D eigenvalue weighted by Crippen LogP contribution is -2.62. The molecule has 1 aromatic carbocycles. The molecule has 1 aliphatic heterocycles. The molecular formula is C73H124N16O21. The molecule has 0 aliphatic carbocycles. The summed E-state index contributed by atoms with van der Waals surface area (Å²) in [6.45, 7) is 28.5. The average Bonchev–Trinajstić information content (AvgIpc) is 1.08. The molecule has 1 aliphatic rings. The Morgan fingerprint density at radius 2 is 0.800 bits per heavy atom. The number of hydrogen-bond acceptors (Lipinski definition) is 22. The van der Waals surface area contributed by atoms with Crippen molar-refractivity contribution in [1.29, 1.82) is 0 Å². The van der Waals surface area contributed by atoms with Crippen LogP contribution in [0.15, 0.2) is 30.3 Å². The topological polar surface area (TPSA) is 515 Å². The summed E-state index contributed by atoms with van der Waals surface area (Å²) in [5, 5.41) is 52.5. The van der Waals surface area contributed by atoms with Crippen LogP contribution in [0.2, 0.25) is 0 Å². The van der Waals surface area contributed by atoms with Gasteiger partial charge in [-0.15, -0.1) is 0 Å². The molecule has 622 valence electrons. The van der Waals surface area contributed by atoms with Crippen molar-refractivity contribution >= 4 is 89.5 Å². The zero-order valence-electron chi connectivity index (χ0n) is 67.5. The number of nitrogens with one attached hydrogen (secondary N) is 16. The molecule has 0 spiro atoms. The van der Waals surface area contributed by atoms with Crippen LogP contribution in [0.1, 0.15) is 188 Å². The van der Waals surface area contributed by atoms with Gasteiger partial charge in [-0.2, -0.15) is 0 Å². The first-order chi connectivity index (χ1) is 50.9. The van der Waals surface area contributed by atoms with E-state index in [1.54, 1.807) is 148 Å². The lowest BCUT2D eigenvalue weighted by Gasteiger charge is -2.29. The number of benzene rings is 1. The fraction of sp³-hybridized carbons (Fsp3) is 0.712. The van der Waals surface area contributed by atoms with Crippen LogP contribution in [0.25, 0.3) is 0 Å². The van der Waals surface area contributed by atoms with E-state index in [2.05, 4.69) is 85.1 Å². The van der Waals surface area contributed by atoms with Crippen LogP contribution in [0.4, 0.5) is 24.0 Å². The zero-order valence-corrected chi connectivity index (χ0v) is 67.5. The van der Waals surface area contributed by atoms with Gasteiger partial charge in [0, 0.05) is 45.7 Å². The maximum Gasteiger partial charge on any atom is 0.407 e. The monoisotopic (exact) mass is 1560 g/mol. The summed E-state index contributed by atoms with van der Waals surface area (Å²) in [4.78, 5) is 212. The summed E-state index contributed by atoms with van der Waals surface area (Å²) in [6, 6.07) is -7.61. The molecule has 0 saturated carbocycles. The Morgan fingerprint density at radius 1 is 0.445 bits per heavy atom. The van der Waals surface area contributed by atoms with E-state index in [1.807, 2.05) is 0 Å². The van der Waals surface area contributed by atoms with Crippen molar-refractivity contribution in [3.05, 3.63) is 35.9 Å². The fourth-order valence-corrected chi connectivity index (χ4v) is 10.3. The summed E-state index contributed by atoms with van der Waals surface area (Å²) in [5.74, 6) is -10.5. The van der Waals surface area contributed by atoms with Gasteiger partial charge in [0.15, 0.2) is 0 Å². The van der Waals surface area contributed by atoms with E-state index in [9.17, 15) is 57.8 Å². The predicted molar refractivity (Wildman–Crippen MR) is 404 cm³/mol. The number of likely N-dealkylation sites (N-methyl/N-ethyl adjacent to an activating group) is 1. The lowest BCUT2D eigenvalue weighted by atomic mass is 10.00. The number of carbonyl (C=O) groups excluding carboxylic acids is 15. The van der Waals surface area contributed by atoms with E-state index in [1.165, 1.54) is 20.9 Å². The van der Waals surface area contributed by atoms with Crippen molar-refractivity contribution in [3.8, 4) is 0 Å². The van der Waals surface area contributed by atoms with Gasteiger partial charge in [-0.05, 0) is 181 Å². The molecule has 37 nitrogen and oxygen atoms in total. The smallest absolute Gasteiger partial charge is 0.407 e. The number of aliphatic hydroxyl groups is 1. The molecule has 11 atom stereocenters. The van der Waals surface area contributed by atoms with Crippen LogP contribution in [0.5, 0.6) is 0 Å². The Kier molecular flexibility index (Phi) is 39.7. The third kappa shape index (κ3) is 40.6. The molecule has 0 radical (unpaired) electrons. The second-order valence-corrected chi connectivity index (χ2v) is 32.0. The summed E-state index contributed by atoms with van der Waals surface area (Å²) in [7, 11) is 1.43. The molecule has 110 heavy (non-hydrogen) atoms. The molecule has 1 aromatic rings. The van der Waals surface area contributed by atoms with Crippen LogP contribution < -0.4 is 85.1 Å². The summed E-state index contributed by atoms with van der Waals surface area (Å²) < 4.78 is 26.9. The SMILES string of the molecule is CC[C@@H]1NC(=O)[C@H](CCNC(=O)OC(C)(C)C)NC(=O)[C@H](CCNC(=O)OC(C)(C)C)NC(=O)[C@H](CC(C)C)NC(=O)[C@@H](Cc2ccccc2)NC(=O)[C@H](CCNC(=O)OC(C)(C)C)NC(=O)[C@@H](NC(=O)[C@H](CCNC(=O)OC(C)(C)C)NC(=O)[C@@H](NC(=O)[C@H](CCNC(=O)OC(C)(C)C)NC)[C@@H](C)O)CCNC1=O. The van der Waals surface area contributed by atoms with E-state index < -0.39 is 223 Å². The highest BCUT2D eigenvalue weighted by Gasteiger charge is 2.38. The van der Waals surface area contributed by atoms with Crippen molar-refractivity contribution in [3.63, 3.8) is 0 Å². The number of aliphatic hydroxyl groups excluding tert-OH is 1. The molecular weight excluding hydrogens is 1440 g/mol. The van der Waals surface area contributed by atoms with Crippen LogP contribution in [0, 0.1) is 5.92 Å². The van der Waals surface area contributed by atoms with Gasteiger partial charge in [0.05, 0.1) is 12.1 Å². The molecule has 37 heteroatoms. The van der Waals surface area contributed by atoms with Crippen molar-refractivity contribution in [2.45, 2.75) is 284 Å². The van der Waals surface area contributed by atoms with E-state index >= 15 is 19.2 Å². The number of hydrogen-bond donors (Lipinski definition) is 17. The molecule has 1 fully saturated rings. The van der Waals surface area contributed by atoms with Crippen LogP contribution in [0.3, 0.4) is 0 Å². The Balaban J connectivity index is 3.04. The Bertz CT molecular complexity index is 3250. The van der Waals surface area contributed by atoms with Crippen molar-refractivity contribution < 1.29 is 101 Å². The Hall–Kier alpha value is -9.81. The third-order valence-corrected chi connectivity index (χ3v) is 15.4. The lowest BCUT2D eigenvalue weighted by molar-refractivity contribution is -0.136. The van der Waals surface area contributed by atoms with Gasteiger partial charge >= 0.3 is 30.5 Å². The number of alkyl carbamates (subject to hydrolysis) is 5. The Labute approximate surface area is 644 Å². The summed E-state index contributed by atoms with van der Waals surface area (Å²) >= 11 is 0. The normalized spacial score (nSPS) is 20.2. The first-order valence-electron chi connectivity index (χ1n) is 37.1. The largest absolute Gasteiger partial charge is 0.444 e. The first-order valence-corrected chi connectivity index (χ1v) is 37.1. The predicted octanol–water partition coefficient (Wildman–Crippen LogP) is 1.11. The molecule has 1 heterocycles. The van der Waals surface area contributed by atoms with Crippen molar-refractivity contribution in [2.24, 2.45) is 5.92 Å². The van der Waals surface area contributed by atoms with Crippen molar-refractivity contribution in [2.75, 3.05) is 46.3 Å². The fourth-order valence-electron chi connectivity index (χ4n) is 10.3. The summed E-state index contributed by atoms with van der Waals surface area (Å²) in [6.07, 6.45) is -8.77. The zero-order chi connectivity index (χ0) is 83.7. The number of carbonyl (C=O) groups is 15. The number of rotatable bonds is 28. The standard InChI is InChI=1S/C73H124N16O21/c1-21-44-54(91)75-33-28-46(82-59(96)50(32-38-80-68(105)110-73(17,18)19)86-63(100)53(42(4)90)89-55(92)45(74-20)27-34-76-64(101)106-69(5,6)7)57(94)84-49(31-37-79-67(104)109-72(14,15)16)60(97)88-52(40-43-25-23-22-24-26-43)62(99)87-51(39-41(2)3)61(98)85-48(30-36-78-66(103)108-71(11,12)13)58(95)83-47(56(93)81-44)29-35-77-65(102)107-70(8,9)10/h22-26,41-42,44-53,74,90H,21,27-40H2,1-20H3,(H,75,91)(H,76,101)(H,77,102)(H,78,103)(H,79,104)(H,80,105)(H,81,93)(H,82,96)(H,83,95)(H,84,94)(H,85,98)(H,86,100)(H,87,99)(H,88,97)(H,89,92)/t42-,44+,45+,46+,47+,48+,49+,50+,51+,52-,53+/m1/s1. The Morgan fingerprint density at radius 3 is 1.18 bits per heavy atom. The number of amides is 15. The van der Waals surface area contributed by atoms with Crippen molar-refractivity contribution in [1.82, 2.24) is 85.1 Å². The number of ether oxygens (including phenoxy) is 5. The van der Waals surface area contributed by atoms with Gasteiger partial charge in [0.2, 0.25) is 59.1 Å². The highest BCUT2D eigenvalue weighted by Crippen LogP contribution is 2.15. The third-order valence-electron chi connectivity index (χ3n) is 15.4. The van der Waals surface area contributed by atoms with E-state index in [-0.39, 0.29) is 64.1 Å². The van der Waals surface area contributed by atoms with E-state index in [4.69, 9.17) is 23.7 Å². The van der Waals surface area contributed by atoms with Gasteiger partial charge in [-0.1, -0.05) is 51.1 Å². The second kappa shape index (κ2) is 45.4. The molecule has 17 N–H and O–H groups in total. The summed E-state index contributed by atoms with van der Waals surface area (Å²) in [5.41, 5.74) is -4.23. The molecule has 0 bridgehead atoms. The molecule has 2 rings (SSSR count). The van der Waals surface area contributed by atoms with Gasteiger partial charge in [-0.25, -0.2) is 24.0 Å². The van der Waals surface area contributed by atoms with E-state index in [0.717, 1.165) is 0 Å². The maximum absolute atomic E-state index is 15.3. The molecule has 15 amide bonds. The first kappa shape index (κ1) is 96.3. The van der Waals surface area contributed by atoms with Gasteiger partial charge in [0.1, 0.15) is 82.4 Å². The van der Waals surface area contributed by atoms with Crippen LogP contribution >= 0.6 is 0 Å². The highest BCUT2D eigenvalue weighted by atomic mass is 16.6. The van der Waals surface area contributed by atoms with Gasteiger partial charge < -0.3 is 114 Å².